The zero-order valence-electron chi connectivity index (χ0n) is 14.1. The molecule has 0 aromatic heterocycles. The fraction of sp³-hybridized carbons (Fsp3) is 0.562. The Balaban J connectivity index is 1.90. The number of hydrogen-bond acceptors (Lipinski definition) is 5. The van der Waals surface area contributed by atoms with Crippen molar-refractivity contribution in [2.45, 2.75) is 24.3 Å². The van der Waals surface area contributed by atoms with Crippen molar-refractivity contribution in [2.24, 2.45) is 0 Å². The van der Waals surface area contributed by atoms with Crippen LogP contribution in [0.4, 0.5) is 10.5 Å². The molecule has 2 N–H and O–H groups in total. The highest BCUT2D eigenvalue weighted by molar-refractivity contribution is 7.90. The van der Waals surface area contributed by atoms with E-state index in [9.17, 15) is 18.3 Å². The first-order valence-electron chi connectivity index (χ1n) is 8.06. The molecule has 1 aromatic rings. The van der Waals surface area contributed by atoms with E-state index in [0.29, 0.717) is 18.8 Å². The van der Waals surface area contributed by atoms with Gasteiger partial charge in [-0.2, -0.15) is 0 Å². The number of rotatable bonds is 5. The van der Waals surface area contributed by atoms with Gasteiger partial charge in [0.2, 0.25) is 0 Å². The van der Waals surface area contributed by atoms with E-state index >= 15 is 0 Å². The van der Waals surface area contributed by atoms with Gasteiger partial charge in [0.25, 0.3) is 0 Å². The average Bonchev–Trinajstić information content (AvgIpc) is 2.56. The van der Waals surface area contributed by atoms with E-state index in [-0.39, 0.29) is 23.6 Å². The Kier molecular flexibility index (Phi) is 6.20. The minimum atomic E-state index is -3.24. The van der Waals surface area contributed by atoms with Crippen molar-refractivity contribution in [3.8, 4) is 0 Å². The Bertz CT molecular complexity index is 648. The minimum Gasteiger partial charge on any atom is -0.395 e. The molecule has 0 bridgehead atoms. The molecule has 0 unspecified atom stereocenters. The third-order valence-electron chi connectivity index (χ3n) is 4.33. The van der Waals surface area contributed by atoms with Crippen LogP contribution in [0.3, 0.4) is 0 Å². The predicted molar refractivity (Wildman–Crippen MR) is 92.9 cm³/mol. The third-order valence-corrected chi connectivity index (χ3v) is 5.46. The summed E-state index contributed by atoms with van der Waals surface area (Å²) in [5.74, 6) is 0. The Morgan fingerprint density at radius 1 is 1.21 bits per heavy atom. The molecule has 1 fully saturated rings. The van der Waals surface area contributed by atoms with Crippen LogP contribution in [-0.2, 0) is 9.84 Å². The van der Waals surface area contributed by atoms with Crippen molar-refractivity contribution < 1.29 is 18.3 Å². The number of piperazine rings is 1. The van der Waals surface area contributed by atoms with Gasteiger partial charge >= 0.3 is 6.03 Å². The summed E-state index contributed by atoms with van der Waals surface area (Å²) in [7, 11) is -3.24. The number of amides is 2. The summed E-state index contributed by atoms with van der Waals surface area (Å²) >= 11 is 0. The topological polar surface area (TPSA) is 89.9 Å². The molecule has 0 radical (unpaired) electrons. The zero-order valence-corrected chi connectivity index (χ0v) is 14.9. The van der Waals surface area contributed by atoms with Gasteiger partial charge in [-0.3, -0.25) is 4.90 Å². The minimum absolute atomic E-state index is 0.134. The van der Waals surface area contributed by atoms with E-state index in [4.69, 9.17) is 0 Å². The van der Waals surface area contributed by atoms with E-state index in [1.165, 1.54) is 12.1 Å². The van der Waals surface area contributed by atoms with Crippen LogP contribution in [0, 0.1) is 0 Å². The number of carbonyl (C=O) groups excluding carboxylic acids is 1. The van der Waals surface area contributed by atoms with Crippen LogP contribution in [0.25, 0.3) is 0 Å². The molecule has 1 heterocycles. The highest BCUT2D eigenvalue weighted by atomic mass is 32.2. The maximum atomic E-state index is 12.3. The van der Waals surface area contributed by atoms with Crippen molar-refractivity contribution in [1.82, 2.24) is 9.80 Å². The van der Waals surface area contributed by atoms with Crippen LogP contribution in [0.5, 0.6) is 0 Å². The molecule has 1 atom stereocenters. The smallest absolute Gasteiger partial charge is 0.321 e. The summed E-state index contributed by atoms with van der Waals surface area (Å²) < 4.78 is 22.9. The fourth-order valence-electron chi connectivity index (χ4n) is 2.78. The van der Waals surface area contributed by atoms with Crippen molar-refractivity contribution in [2.75, 3.05) is 44.4 Å². The lowest BCUT2D eigenvalue weighted by Gasteiger charge is -2.38. The quantitative estimate of drug-likeness (QED) is 0.823. The van der Waals surface area contributed by atoms with Crippen molar-refractivity contribution in [3.63, 3.8) is 0 Å². The maximum absolute atomic E-state index is 12.3. The van der Waals surface area contributed by atoms with E-state index in [0.717, 1.165) is 25.8 Å². The van der Waals surface area contributed by atoms with Gasteiger partial charge in [0, 0.05) is 44.2 Å². The molecular weight excluding hydrogens is 330 g/mol. The molecule has 1 saturated heterocycles. The maximum Gasteiger partial charge on any atom is 0.321 e. The van der Waals surface area contributed by atoms with Crippen LogP contribution in [-0.4, -0.2) is 74.4 Å². The van der Waals surface area contributed by atoms with Crippen molar-refractivity contribution in [1.29, 1.82) is 0 Å². The van der Waals surface area contributed by atoms with Crippen LogP contribution in [0.15, 0.2) is 29.2 Å². The SMILES string of the molecule is CC[C@@H](CO)N1CCN(C(=O)Nc2ccc(S(C)(=O)=O)cc2)CC1. The van der Waals surface area contributed by atoms with Gasteiger partial charge in [0.1, 0.15) is 0 Å². The monoisotopic (exact) mass is 355 g/mol. The standard InChI is InChI=1S/C16H25N3O4S/c1-3-14(12-20)18-8-10-19(11-9-18)16(21)17-13-4-6-15(7-5-13)24(2,22)23/h4-7,14,20H,3,8-12H2,1-2H3,(H,17,21)/t14-/m0/s1. The summed E-state index contributed by atoms with van der Waals surface area (Å²) in [6.45, 7) is 4.85. The van der Waals surface area contributed by atoms with Crippen LogP contribution >= 0.6 is 0 Å². The number of urea groups is 1. The van der Waals surface area contributed by atoms with Gasteiger partial charge in [-0.05, 0) is 30.7 Å². The van der Waals surface area contributed by atoms with E-state index in [1.807, 2.05) is 6.92 Å². The normalized spacial score (nSPS) is 17.5. The second-order valence-corrected chi connectivity index (χ2v) is 8.01. The molecule has 2 amide bonds. The number of anilines is 1. The summed E-state index contributed by atoms with van der Waals surface area (Å²) in [6.07, 6.45) is 2.03. The Labute approximate surface area is 143 Å². The second kappa shape index (κ2) is 7.96. The molecular formula is C16H25N3O4S. The van der Waals surface area contributed by atoms with Crippen molar-refractivity contribution >= 4 is 21.6 Å². The largest absolute Gasteiger partial charge is 0.395 e. The van der Waals surface area contributed by atoms with Crippen LogP contribution in [0.1, 0.15) is 13.3 Å². The number of sulfone groups is 1. The number of nitrogens with zero attached hydrogens (tertiary/aromatic N) is 2. The first kappa shape index (κ1) is 18.7. The Morgan fingerprint density at radius 2 is 1.79 bits per heavy atom. The molecule has 2 rings (SSSR count). The molecule has 1 aliphatic rings. The molecule has 0 saturated carbocycles. The van der Waals surface area contributed by atoms with E-state index in [1.54, 1.807) is 17.0 Å². The number of benzene rings is 1. The van der Waals surface area contributed by atoms with Gasteiger partial charge in [0.05, 0.1) is 11.5 Å². The van der Waals surface area contributed by atoms with Crippen LogP contribution in [0.2, 0.25) is 0 Å². The third kappa shape index (κ3) is 4.68. The van der Waals surface area contributed by atoms with Gasteiger partial charge in [0.15, 0.2) is 9.84 Å². The van der Waals surface area contributed by atoms with Gasteiger partial charge in [-0.25, -0.2) is 13.2 Å². The molecule has 1 aliphatic heterocycles. The fourth-order valence-corrected chi connectivity index (χ4v) is 3.41. The molecule has 8 heteroatoms. The van der Waals surface area contributed by atoms with Gasteiger partial charge < -0.3 is 15.3 Å². The lowest BCUT2D eigenvalue weighted by molar-refractivity contribution is 0.0766. The highest BCUT2D eigenvalue weighted by Gasteiger charge is 2.24. The number of hydrogen-bond donors (Lipinski definition) is 2. The lowest BCUT2D eigenvalue weighted by Crippen LogP contribution is -2.53. The highest BCUT2D eigenvalue weighted by Crippen LogP contribution is 2.15. The summed E-state index contributed by atoms with van der Waals surface area (Å²) in [5, 5.41) is 12.1. The first-order valence-corrected chi connectivity index (χ1v) is 9.95. The Morgan fingerprint density at radius 3 is 2.25 bits per heavy atom. The molecule has 1 aromatic carbocycles. The number of nitrogens with one attached hydrogen (secondary N) is 1. The summed E-state index contributed by atoms with van der Waals surface area (Å²) in [5.41, 5.74) is 0.566. The molecule has 0 aliphatic carbocycles. The number of carbonyl (C=O) groups is 1. The second-order valence-electron chi connectivity index (χ2n) is 5.99. The van der Waals surface area contributed by atoms with Crippen LogP contribution < -0.4 is 5.32 Å². The predicted octanol–water partition coefficient (Wildman–Crippen LogP) is 1.01. The average molecular weight is 355 g/mol. The zero-order chi connectivity index (χ0) is 17.7. The lowest BCUT2D eigenvalue weighted by atomic mass is 10.2. The molecule has 134 valence electrons. The Hall–Kier alpha value is -1.64. The van der Waals surface area contributed by atoms with Gasteiger partial charge in [-0.1, -0.05) is 6.92 Å². The summed E-state index contributed by atoms with van der Waals surface area (Å²) in [4.78, 5) is 16.4. The van der Waals surface area contributed by atoms with E-state index < -0.39 is 9.84 Å². The molecule has 0 spiro atoms. The van der Waals surface area contributed by atoms with Crippen molar-refractivity contribution in [3.05, 3.63) is 24.3 Å². The number of aliphatic hydroxyl groups is 1. The molecule has 7 nitrogen and oxygen atoms in total. The number of aliphatic hydroxyl groups excluding tert-OH is 1. The first-order chi connectivity index (χ1) is 11.3. The van der Waals surface area contributed by atoms with Gasteiger partial charge in [-0.15, -0.1) is 0 Å². The molecule has 24 heavy (non-hydrogen) atoms. The van der Waals surface area contributed by atoms with E-state index in [2.05, 4.69) is 10.2 Å². The summed E-state index contributed by atoms with van der Waals surface area (Å²) in [6, 6.07) is 6.09.